The molecule has 6 heteroatoms. The summed E-state index contributed by atoms with van der Waals surface area (Å²) in [5.74, 6) is 1.22. The summed E-state index contributed by atoms with van der Waals surface area (Å²) < 4.78 is 2.00. The number of aromatic amines is 1. The molecule has 90 valence electrons. The molecular formula is C11H13BrN4O. The Hall–Kier alpha value is -1.43. The van der Waals surface area contributed by atoms with Crippen LogP contribution in [-0.4, -0.2) is 19.7 Å². The maximum Gasteiger partial charge on any atom is 0.287 e. The molecule has 0 saturated heterocycles. The van der Waals surface area contributed by atoms with Crippen molar-refractivity contribution in [2.45, 2.75) is 27.2 Å². The third-order valence-corrected chi connectivity index (χ3v) is 3.26. The Labute approximate surface area is 107 Å². The molecule has 0 spiro atoms. The Kier molecular flexibility index (Phi) is 3.15. The van der Waals surface area contributed by atoms with Crippen molar-refractivity contribution in [2.24, 2.45) is 0 Å². The topological polar surface area (TPSA) is 63.6 Å². The lowest BCUT2D eigenvalue weighted by atomic mass is 10.3. The average Bonchev–Trinajstić information content (AvgIpc) is 2.54. The number of hydrogen-bond donors (Lipinski definition) is 1. The van der Waals surface area contributed by atoms with Crippen molar-refractivity contribution in [1.29, 1.82) is 0 Å². The summed E-state index contributed by atoms with van der Waals surface area (Å²) in [6.07, 6.45) is 0.756. The lowest BCUT2D eigenvalue weighted by Crippen LogP contribution is -2.17. The molecule has 0 radical (unpaired) electrons. The van der Waals surface area contributed by atoms with Gasteiger partial charge in [-0.2, -0.15) is 0 Å². The maximum absolute atomic E-state index is 12.0. The quantitative estimate of drug-likeness (QED) is 0.920. The number of rotatable bonds is 2. The first-order valence-electron chi connectivity index (χ1n) is 5.35. The largest absolute Gasteiger partial charge is 0.292 e. The molecule has 5 nitrogen and oxygen atoms in total. The second-order valence-corrected chi connectivity index (χ2v) is 4.61. The van der Waals surface area contributed by atoms with Crippen LogP contribution in [0, 0.1) is 13.8 Å². The van der Waals surface area contributed by atoms with E-state index in [9.17, 15) is 4.79 Å². The molecule has 1 N–H and O–H groups in total. The standard InChI is InChI=1S/C11H13BrN4O/c1-4-8-10(12)11(17)16(15-8)9-5-6(2)13-7(3)14-9/h5,15H,4H2,1-3H3. The van der Waals surface area contributed by atoms with E-state index in [2.05, 4.69) is 31.0 Å². The highest BCUT2D eigenvalue weighted by Crippen LogP contribution is 2.12. The second-order valence-electron chi connectivity index (χ2n) is 3.81. The normalized spacial score (nSPS) is 10.8. The van der Waals surface area contributed by atoms with Crippen LogP contribution in [-0.2, 0) is 6.42 Å². The summed E-state index contributed by atoms with van der Waals surface area (Å²) in [6.45, 7) is 5.67. The van der Waals surface area contributed by atoms with Crippen molar-refractivity contribution in [1.82, 2.24) is 19.7 Å². The van der Waals surface area contributed by atoms with Crippen LogP contribution in [0.3, 0.4) is 0 Å². The number of nitrogens with zero attached hydrogens (tertiary/aromatic N) is 3. The fourth-order valence-corrected chi connectivity index (χ4v) is 2.22. The van der Waals surface area contributed by atoms with Crippen LogP contribution in [0.5, 0.6) is 0 Å². The zero-order chi connectivity index (χ0) is 12.6. The molecule has 0 atom stereocenters. The molecule has 0 aliphatic rings. The highest BCUT2D eigenvalue weighted by molar-refractivity contribution is 9.10. The minimum Gasteiger partial charge on any atom is -0.292 e. The molecule has 0 unspecified atom stereocenters. The lowest BCUT2D eigenvalue weighted by molar-refractivity contribution is 0.779. The summed E-state index contributed by atoms with van der Waals surface area (Å²) in [5, 5.41) is 3.04. The van der Waals surface area contributed by atoms with E-state index >= 15 is 0 Å². The van der Waals surface area contributed by atoms with Crippen LogP contribution >= 0.6 is 15.9 Å². The number of H-pyrrole nitrogens is 1. The van der Waals surface area contributed by atoms with Gasteiger partial charge in [0.2, 0.25) is 0 Å². The Morgan fingerprint density at radius 3 is 2.65 bits per heavy atom. The average molecular weight is 297 g/mol. The van der Waals surface area contributed by atoms with Crippen molar-refractivity contribution in [3.63, 3.8) is 0 Å². The summed E-state index contributed by atoms with van der Waals surface area (Å²) in [4.78, 5) is 20.4. The Morgan fingerprint density at radius 2 is 2.12 bits per heavy atom. The Balaban J connectivity index is 2.64. The van der Waals surface area contributed by atoms with Crippen molar-refractivity contribution in [3.05, 3.63) is 38.1 Å². The zero-order valence-electron chi connectivity index (χ0n) is 9.91. The van der Waals surface area contributed by atoms with Gasteiger partial charge in [0, 0.05) is 11.8 Å². The van der Waals surface area contributed by atoms with E-state index < -0.39 is 0 Å². The molecule has 2 heterocycles. The van der Waals surface area contributed by atoms with E-state index in [0.717, 1.165) is 17.8 Å². The van der Waals surface area contributed by atoms with Crippen LogP contribution in [0.25, 0.3) is 5.82 Å². The van der Waals surface area contributed by atoms with E-state index in [1.54, 1.807) is 13.0 Å². The molecule has 0 amide bonds. The van der Waals surface area contributed by atoms with Gasteiger partial charge in [-0.1, -0.05) is 6.92 Å². The van der Waals surface area contributed by atoms with Gasteiger partial charge in [-0.3, -0.25) is 9.89 Å². The van der Waals surface area contributed by atoms with E-state index in [4.69, 9.17) is 0 Å². The molecule has 0 aromatic carbocycles. The third kappa shape index (κ3) is 2.17. The molecule has 0 bridgehead atoms. The molecule has 2 rings (SSSR count). The fourth-order valence-electron chi connectivity index (χ4n) is 1.67. The number of aryl methyl sites for hydroxylation is 3. The summed E-state index contributed by atoms with van der Waals surface area (Å²) in [7, 11) is 0. The van der Waals surface area contributed by atoms with Gasteiger partial charge in [-0.15, -0.1) is 0 Å². The molecular weight excluding hydrogens is 284 g/mol. The molecule has 0 fully saturated rings. The highest BCUT2D eigenvalue weighted by Gasteiger charge is 2.12. The van der Waals surface area contributed by atoms with Gasteiger partial charge in [0.25, 0.3) is 5.56 Å². The van der Waals surface area contributed by atoms with Crippen LogP contribution < -0.4 is 5.56 Å². The minimum atomic E-state index is -0.126. The van der Waals surface area contributed by atoms with Crippen molar-refractivity contribution < 1.29 is 0 Å². The summed E-state index contributed by atoms with van der Waals surface area (Å²) in [5.41, 5.74) is 1.58. The molecule has 2 aromatic rings. The number of hydrogen-bond acceptors (Lipinski definition) is 3. The smallest absolute Gasteiger partial charge is 0.287 e. The van der Waals surface area contributed by atoms with Crippen molar-refractivity contribution in [3.8, 4) is 5.82 Å². The number of aromatic nitrogens is 4. The highest BCUT2D eigenvalue weighted by atomic mass is 79.9. The second kappa shape index (κ2) is 4.44. The van der Waals surface area contributed by atoms with E-state index in [0.29, 0.717) is 16.1 Å². The van der Waals surface area contributed by atoms with Gasteiger partial charge in [0.1, 0.15) is 10.3 Å². The summed E-state index contributed by atoms with van der Waals surface area (Å²) >= 11 is 3.29. The first-order valence-corrected chi connectivity index (χ1v) is 6.14. The van der Waals surface area contributed by atoms with Crippen LogP contribution in [0.2, 0.25) is 0 Å². The van der Waals surface area contributed by atoms with Gasteiger partial charge in [-0.25, -0.2) is 14.6 Å². The van der Waals surface area contributed by atoms with Gasteiger partial charge >= 0.3 is 0 Å². The zero-order valence-corrected chi connectivity index (χ0v) is 11.5. The molecule has 0 saturated carbocycles. The predicted molar refractivity (Wildman–Crippen MR) is 68.5 cm³/mol. The Morgan fingerprint density at radius 1 is 1.41 bits per heavy atom. The molecule has 0 aliphatic heterocycles. The van der Waals surface area contributed by atoms with Crippen molar-refractivity contribution >= 4 is 15.9 Å². The van der Waals surface area contributed by atoms with Gasteiger partial charge in [0.15, 0.2) is 5.82 Å². The molecule has 2 aromatic heterocycles. The molecule has 0 aliphatic carbocycles. The SMILES string of the molecule is CCc1[nH]n(-c2cc(C)nc(C)n2)c(=O)c1Br. The van der Waals surface area contributed by atoms with E-state index in [-0.39, 0.29) is 5.56 Å². The number of nitrogens with one attached hydrogen (secondary N) is 1. The van der Waals surface area contributed by atoms with E-state index in [1.165, 1.54) is 4.68 Å². The van der Waals surface area contributed by atoms with Gasteiger partial charge < -0.3 is 0 Å². The lowest BCUT2D eigenvalue weighted by Gasteiger charge is -2.03. The van der Waals surface area contributed by atoms with Gasteiger partial charge in [-0.05, 0) is 36.2 Å². The van der Waals surface area contributed by atoms with Crippen LogP contribution in [0.1, 0.15) is 24.1 Å². The first-order chi connectivity index (χ1) is 8.02. The monoisotopic (exact) mass is 296 g/mol. The van der Waals surface area contributed by atoms with Gasteiger partial charge in [0.05, 0.1) is 5.69 Å². The first kappa shape index (κ1) is 12.0. The number of halogens is 1. The Bertz CT molecular complexity index is 594. The third-order valence-electron chi connectivity index (χ3n) is 2.44. The summed E-state index contributed by atoms with van der Waals surface area (Å²) in [6, 6.07) is 1.77. The fraction of sp³-hybridized carbons (Fsp3) is 0.364. The van der Waals surface area contributed by atoms with E-state index in [1.807, 2.05) is 13.8 Å². The predicted octanol–water partition coefficient (Wildman–Crippen LogP) is 1.90. The van der Waals surface area contributed by atoms with Crippen LogP contribution in [0.15, 0.2) is 15.3 Å². The van der Waals surface area contributed by atoms with Crippen LogP contribution in [0.4, 0.5) is 0 Å². The minimum absolute atomic E-state index is 0.126. The maximum atomic E-state index is 12.0. The molecule has 17 heavy (non-hydrogen) atoms. The van der Waals surface area contributed by atoms with Crippen molar-refractivity contribution in [2.75, 3.05) is 0 Å².